The molecule has 0 saturated carbocycles. The summed E-state index contributed by atoms with van der Waals surface area (Å²) < 4.78 is 1.49. The average molecular weight is 206 g/mol. The lowest BCUT2D eigenvalue weighted by Crippen LogP contribution is -2.14. The number of primary amides is 1. The number of nitrogen functional groups attached to an aromatic ring is 2. The SMILES string of the molecule is Cn1nc(N)c2cc(C(N)=O)c(N)nc21. The first-order valence-corrected chi connectivity index (χ1v) is 4.19. The second-order valence-electron chi connectivity index (χ2n) is 3.17. The molecule has 0 saturated heterocycles. The molecule has 0 radical (unpaired) electrons. The Labute approximate surface area is 84.9 Å². The Bertz CT molecular complexity index is 558. The Morgan fingerprint density at radius 2 is 2.07 bits per heavy atom. The van der Waals surface area contributed by atoms with Gasteiger partial charge in [-0.15, -0.1) is 0 Å². The third kappa shape index (κ3) is 1.25. The van der Waals surface area contributed by atoms with Crippen molar-refractivity contribution in [1.29, 1.82) is 0 Å². The van der Waals surface area contributed by atoms with Gasteiger partial charge in [0, 0.05) is 7.05 Å². The number of anilines is 2. The molecule has 0 spiro atoms. The summed E-state index contributed by atoms with van der Waals surface area (Å²) in [5, 5.41) is 4.53. The topological polar surface area (TPSA) is 126 Å². The van der Waals surface area contributed by atoms with Crippen LogP contribution in [0.5, 0.6) is 0 Å². The van der Waals surface area contributed by atoms with E-state index < -0.39 is 5.91 Å². The van der Waals surface area contributed by atoms with E-state index in [1.54, 1.807) is 7.05 Å². The fourth-order valence-corrected chi connectivity index (χ4v) is 1.41. The lowest BCUT2D eigenvalue weighted by atomic mass is 10.2. The Balaban J connectivity index is 2.85. The van der Waals surface area contributed by atoms with Crippen molar-refractivity contribution < 1.29 is 4.79 Å². The van der Waals surface area contributed by atoms with Gasteiger partial charge in [-0.1, -0.05) is 0 Å². The minimum absolute atomic E-state index is 0.0815. The lowest BCUT2D eigenvalue weighted by Gasteiger charge is -2.01. The summed E-state index contributed by atoms with van der Waals surface area (Å²) in [6.45, 7) is 0. The van der Waals surface area contributed by atoms with Crippen LogP contribution in [0.3, 0.4) is 0 Å². The zero-order valence-electron chi connectivity index (χ0n) is 8.06. The second kappa shape index (κ2) is 2.84. The van der Waals surface area contributed by atoms with Gasteiger partial charge >= 0.3 is 0 Å². The van der Waals surface area contributed by atoms with Gasteiger partial charge in [0.15, 0.2) is 11.5 Å². The van der Waals surface area contributed by atoms with Crippen LogP contribution in [0.1, 0.15) is 10.4 Å². The molecule has 2 heterocycles. The maximum absolute atomic E-state index is 11.0. The Kier molecular flexibility index (Phi) is 1.75. The highest BCUT2D eigenvalue weighted by Crippen LogP contribution is 2.22. The summed E-state index contributed by atoms with van der Waals surface area (Å²) in [5.74, 6) is -0.259. The van der Waals surface area contributed by atoms with E-state index in [0.717, 1.165) is 0 Å². The third-order valence-electron chi connectivity index (χ3n) is 2.14. The van der Waals surface area contributed by atoms with E-state index in [4.69, 9.17) is 17.2 Å². The molecule has 2 rings (SSSR count). The van der Waals surface area contributed by atoms with Crippen molar-refractivity contribution in [2.24, 2.45) is 12.8 Å². The average Bonchev–Trinajstić information content (AvgIpc) is 2.41. The fraction of sp³-hybridized carbons (Fsp3) is 0.125. The van der Waals surface area contributed by atoms with Gasteiger partial charge in [-0.2, -0.15) is 5.10 Å². The molecule has 0 bridgehead atoms. The van der Waals surface area contributed by atoms with Gasteiger partial charge in [0.25, 0.3) is 5.91 Å². The number of hydrogen-bond acceptors (Lipinski definition) is 5. The molecule has 0 aliphatic heterocycles. The molecule has 7 heteroatoms. The van der Waals surface area contributed by atoms with Crippen LogP contribution in [-0.2, 0) is 7.05 Å². The van der Waals surface area contributed by atoms with Crippen molar-refractivity contribution >= 4 is 28.6 Å². The molecule has 0 fully saturated rings. The van der Waals surface area contributed by atoms with E-state index in [2.05, 4.69) is 10.1 Å². The number of aromatic nitrogens is 3. The summed E-state index contributed by atoms with van der Waals surface area (Å²) >= 11 is 0. The third-order valence-corrected chi connectivity index (χ3v) is 2.14. The van der Waals surface area contributed by atoms with Crippen LogP contribution in [0.2, 0.25) is 0 Å². The molecule has 2 aromatic heterocycles. The van der Waals surface area contributed by atoms with Crippen molar-refractivity contribution in [2.45, 2.75) is 0 Å². The molecule has 78 valence electrons. The number of fused-ring (bicyclic) bond motifs is 1. The molecule has 1 amide bonds. The number of rotatable bonds is 1. The first kappa shape index (κ1) is 9.25. The van der Waals surface area contributed by atoms with Crippen molar-refractivity contribution in [1.82, 2.24) is 14.8 Å². The number of pyridine rings is 1. The maximum Gasteiger partial charge on any atom is 0.252 e. The standard InChI is InChI=1S/C8H10N6O/c1-14-8-4(6(10)13-14)2-3(7(11)15)5(9)12-8/h2H,1H3,(H2,9,12)(H2,10,13)(H2,11,15). The van der Waals surface area contributed by atoms with E-state index in [0.29, 0.717) is 16.9 Å². The monoisotopic (exact) mass is 206 g/mol. The summed E-state index contributed by atoms with van der Waals surface area (Å²) in [6.07, 6.45) is 0. The van der Waals surface area contributed by atoms with Gasteiger partial charge in [-0.3, -0.25) is 4.79 Å². The first-order valence-electron chi connectivity index (χ1n) is 4.19. The summed E-state index contributed by atoms with van der Waals surface area (Å²) in [7, 11) is 1.69. The quantitative estimate of drug-likeness (QED) is 0.564. The van der Waals surface area contributed by atoms with Crippen molar-refractivity contribution in [3.8, 4) is 0 Å². The van der Waals surface area contributed by atoms with E-state index in [9.17, 15) is 4.79 Å². The van der Waals surface area contributed by atoms with E-state index >= 15 is 0 Å². The molecule has 0 aliphatic rings. The molecule has 0 aliphatic carbocycles. The summed E-state index contributed by atoms with van der Waals surface area (Å²) in [4.78, 5) is 15.0. The molecule has 7 nitrogen and oxygen atoms in total. The van der Waals surface area contributed by atoms with Crippen LogP contribution in [0.25, 0.3) is 11.0 Å². The minimum atomic E-state index is -0.634. The van der Waals surface area contributed by atoms with Gasteiger partial charge in [-0.05, 0) is 6.07 Å². The first-order chi connectivity index (χ1) is 7.00. The predicted molar refractivity (Wildman–Crippen MR) is 55.9 cm³/mol. The molecular weight excluding hydrogens is 196 g/mol. The van der Waals surface area contributed by atoms with Crippen molar-refractivity contribution in [3.63, 3.8) is 0 Å². The van der Waals surface area contributed by atoms with Crippen LogP contribution in [0.15, 0.2) is 6.07 Å². The highest BCUT2D eigenvalue weighted by Gasteiger charge is 2.13. The smallest absolute Gasteiger partial charge is 0.252 e. The number of nitrogens with two attached hydrogens (primary N) is 3. The van der Waals surface area contributed by atoms with Crippen molar-refractivity contribution in [2.75, 3.05) is 11.5 Å². The van der Waals surface area contributed by atoms with Crippen molar-refractivity contribution in [3.05, 3.63) is 11.6 Å². The molecule has 15 heavy (non-hydrogen) atoms. The van der Waals surface area contributed by atoms with E-state index in [1.807, 2.05) is 0 Å². The van der Waals surface area contributed by atoms with E-state index in [-0.39, 0.29) is 11.4 Å². The Morgan fingerprint density at radius 1 is 1.40 bits per heavy atom. The molecule has 0 unspecified atom stereocenters. The fourth-order valence-electron chi connectivity index (χ4n) is 1.41. The number of aryl methyl sites for hydroxylation is 1. The molecule has 2 aromatic rings. The Morgan fingerprint density at radius 3 is 2.67 bits per heavy atom. The zero-order chi connectivity index (χ0) is 11.2. The molecular formula is C8H10N6O. The number of nitrogens with zero attached hydrogens (tertiary/aromatic N) is 3. The van der Waals surface area contributed by atoms with Crippen LogP contribution < -0.4 is 17.2 Å². The van der Waals surface area contributed by atoms with Crippen LogP contribution in [0.4, 0.5) is 11.6 Å². The maximum atomic E-state index is 11.0. The molecule has 0 atom stereocenters. The largest absolute Gasteiger partial charge is 0.383 e. The highest BCUT2D eigenvalue weighted by atomic mass is 16.1. The minimum Gasteiger partial charge on any atom is -0.383 e. The number of carbonyl (C=O) groups is 1. The number of amides is 1. The van der Waals surface area contributed by atoms with Crippen LogP contribution in [-0.4, -0.2) is 20.7 Å². The highest BCUT2D eigenvalue weighted by molar-refractivity contribution is 6.02. The van der Waals surface area contributed by atoms with Gasteiger partial charge in [-0.25, -0.2) is 9.67 Å². The summed E-state index contributed by atoms with van der Waals surface area (Å²) in [6, 6.07) is 1.50. The Hall–Kier alpha value is -2.31. The molecule has 0 aromatic carbocycles. The second-order valence-corrected chi connectivity index (χ2v) is 3.17. The normalized spacial score (nSPS) is 10.7. The van der Waals surface area contributed by atoms with Crippen LogP contribution >= 0.6 is 0 Å². The van der Waals surface area contributed by atoms with Gasteiger partial charge in [0.2, 0.25) is 0 Å². The lowest BCUT2D eigenvalue weighted by molar-refractivity contribution is 0.100. The summed E-state index contributed by atoms with van der Waals surface area (Å²) in [5.41, 5.74) is 17.0. The predicted octanol–water partition coefficient (Wildman–Crippen LogP) is -0.768. The van der Waals surface area contributed by atoms with Crippen LogP contribution in [0, 0.1) is 0 Å². The number of carbonyl (C=O) groups excluding carboxylic acids is 1. The zero-order valence-corrected chi connectivity index (χ0v) is 8.06. The van der Waals surface area contributed by atoms with E-state index in [1.165, 1.54) is 10.7 Å². The number of hydrogen-bond donors (Lipinski definition) is 3. The van der Waals surface area contributed by atoms with Gasteiger partial charge in [0.1, 0.15) is 5.82 Å². The van der Waals surface area contributed by atoms with Gasteiger partial charge in [0.05, 0.1) is 10.9 Å². The van der Waals surface area contributed by atoms with Gasteiger partial charge < -0.3 is 17.2 Å². The molecule has 6 N–H and O–H groups in total.